The molecule has 0 bridgehead atoms. The van der Waals surface area contributed by atoms with E-state index in [1.54, 1.807) is 16.9 Å². The van der Waals surface area contributed by atoms with E-state index in [4.69, 9.17) is 5.73 Å². The van der Waals surface area contributed by atoms with Gasteiger partial charge in [-0.15, -0.1) is 0 Å². The Kier molecular flexibility index (Phi) is 2.60. The zero-order valence-electron chi connectivity index (χ0n) is 9.18. The molecule has 2 heterocycles. The SMILES string of the molecule is Cc1cnn(C(C)c2ccc(F)cn2)c1N. The summed E-state index contributed by atoms with van der Waals surface area (Å²) in [4.78, 5) is 4.01. The molecule has 0 aliphatic heterocycles. The van der Waals surface area contributed by atoms with Gasteiger partial charge in [0.05, 0.1) is 24.1 Å². The predicted octanol–water partition coefficient (Wildman–Crippen LogP) is 1.92. The van der Waals surface area contributed by atoms with E-state index in [2.05, 4.69) is 10.1 Å². The van der Waals surface area contributed by atoms with E-state index in [0.29, 0.717) is 5.82 Å². The fourth-order valence-electron chi connectivity index (χ4n) is 1.53. The summed E-state index contributed by atoms with van der Waals surface area (Å²) in [6, 6.07) is 2.91. The lowest BCUT2D eigenvalue weighted by atomic mass is 10.2. The van der Waals surface area contributed by atoms with E-state index >= 15 is 0 Å². The largest absolute Gasteiger partial charge is 0.384 e. The maximum Gasteiger partial charge on any atom is 0.141 e. The Morgan fingerprint density at radius 3 is 2.62 bits per heavy atom. The summed E-state index contributed by atoms with van der Waals surface area (Å²) >= 11 is 0. The number of rotatable bonds is 2. The molecule has 1 atom stereocenters. The van der Waals surface area contributed by atoms with Gasteiger partial charge < -0.3 is 5.73 Å². The van der Waals surface area contributed by atoms with Gasteiger partial charge in [0.2, 0.25) is 0 Å². The van der Waals surface area contributed by atoms with Gasteiger partial charge in [-0.1, -0.05) is 0 Å². The van der Waals surface area contributed by atoms with Gasteiger partial charge in [0.25, 0.3) is 0 Å². The van der Waals surface area contributed by atoms with Crippen LogP contribution >= 0.6 is 0 Å². The lowest BCUT2D eigenvalue weighted by molar-refractivity contribution is 0.552. The third-order valence-corrected chi connectivity index (χ3v) is 2.57. The molecule has 0 fully saturated rings. The van der Waals surface area contributed by atoms with Crippen LogP contribution < -0.4 is 5.73 Å². The molecule has 0 aliphatic carbocycles. The van der Waals surface area contributed by atoms with Crippen LogP contribution in [0.4, 0.5) is 10.2 Å². The smallest absolute Gasteiger partial charge is 0.141 e. The van der Waals surface area contributed by atoms with Crippen molar-refractivity contribution in [3.05, 3.63) is 41.6 Å². The van der Waals surface area contributed by atoms with Crippen molar-refractivity contribution in [2.24, 2.45) is 0 Å². The number of aromatic nitrogens is 3. The lowest BCUT2D eigenvalue weighted by Gasteiger charge is -2.13. The third-order valence-electron chi connectivity index (χ3n) is 2.57. The zero-order chi connectivity index (χ0) is 11.7. The summed E-state index contributed by atoms with van der Waals surface area (Å²) < 4.78 is 14.4. The molecule has 0 radical (unpaired) electrons. The molecule has 2 aromatic rings. The lowest BCUT2D eigenvalue weighted by Crippen LogP contribution is -2.13. The first kappa shape index (κ1) is 10.6. The fourth-order valence-corrected chi connectivity index (χ4v) is 1.53. The summed E-state index contributed by atoms with van der Waals surface area (Å²) in [5.41, 5.74) is 7.53. The van der Waals surface area contributed by atoms with Crippen molar-refractivity contribution in [3.63, 3.8) is 0 Å². The highest BCUT2D eigenvalue weighted by Gasteiger charge is 2.13. The Morgan fingerprint density at radius 2 is 2.12 bits per heavy atom. The first-order chi connectivity index (χ1) is 7.59. The van der Waals surface area contributed by atoms with Crippen LogP contribution in [0.15, 0.2) is 24.5 Å². The van der Waals surface area contributed by atoms with Gasteiger partial charge in [-0.3, -0.25) is 4.98 Å². The summed E-state index contributed by atoms with van der Waals surface area (Å²) in [7, 11) is 0. The van der Waals surface area contributed by atoms with Crippen LogP contribution in [-0.2, 0) is 0 Å². The predicted molar refractivity (Wildman–Crippen MR) is 59.4 cm³/mol. The van der Waals surface area contributed by atoms with E-state index in [-0.39, 0.29) is 11.9 Å². The Balaban J connectivity index is 2.35. The van der Waals surface area contributed by atoms with Crippen molar-refractivity contribution in [1.82, 2.24) is 14.8 Å². The summed E-state index contributed by atoms with van der Waals surface area (Å²) in [6.07, 6.45) is 2.90. The molecule has 2 rings (SSSR count). The maximum absolute atomic E-state index is 12.7. The molecule has 4 nitrogen and oxygen atoms in total. The third kappa shape index (κ3) is 1.76. The van der Waals surface area contributed by atoms with Crippen molar-refractivity contribution < 1.29 is 4.39 Å². The number of anilines is 1. The minimum Gasteiger partial charge on any atom is -0.384 e. The Labute approximate surface area is 92.9 Å². The first-order valence-electron chi connectivity index (χ1n) is 5.00. The van der Waals surface area contributed by atoms with Crippen LogP contribution in [0, 0.1) is 12.7 Å². The normalized spacial score (nSPS) is 12.7. The second-order valence-electron chi connectivity index (χ2n) is 3.73. The molecule has 1 unspecified atom stereocenters. The quantitative estimate of drug-likeness (QED) is 0.841. The monoisotopic (exact) mass is 220 g/mol. The highest BCUT2D eigenvalue weighted by molar-refractivity contribution is 5.38. The van der Waals surface area contributed by atoms with E-state index in [0.717, 1.165) is 11.3 Å². The second-order valence-corrected chi connectivity index (χ2v) is 3.73. The molecule has 2 N–H and O–H groups in total. The molecular weight excluding hydrogens is 207 g/mol. The molecule has 0 spiro atoms. The van der Waals surface area contributed by atoms with E-state index in [1.807, 2.05) is 13.8 Å². The number of nitrogens with two attached hydrogens (primary N) is 1. The number of hydrogen-bond acceptors (Lipinski definition) is 3. The van der Waals surface area contributed by atoms with Crippen molar-refractivity contribution in [3.8, 4) is 0 Å². The molecule has 0 amide bonds. The van der Waals surface area contributed by atoms with Gasteiger partial charge in [0.1, 0.15) is 11.6 Å². The Bertz CT molecular complexity index is 489. The van der Waals surface area contributed by atoms with E-state index in [9.17, 15) is 4.39 Å². The molecule has 0 saturated carbocycles. The molecule has 2 aromatic heterocycles. The van der Waals surface area contributed by atoms with Crippen molar-refractivity contribution in [1.29, 1.82) is 0 Å². The molecule has 5 heteroatoms. The Hall–Kier alpha value is -1.91. The van der Waals surface area contributed by atoms with Crippen LogP contribution in [0.2, 0.25) is 0 Å². The summed E-state index contributed by atoms with van der Waals surface area (Å²) in [5.74, 6) is 0.263. The molecule has 0 aromatic carbocycles. The van der Waals surface area contributed by atoms with Gasteiger partial charge in [0, 0.05) is 5.56 Å². The van der Waals surface area contributed by atoms with Gasteiger partial charge in [-0.25, -0.2) is 9.07 Å². The number of halogens is 1. The molecular formula is C11H13FN4. The topological polar surface area (TPSA) is 56.7 Å². The minimum atomic E-state index is -0.347. The highest BCUT2D eigenvalue weighted by Crippen LogP contribution is 2.20. The first-order valence-corrected chi connectivity index (χ1v) is 5.00. The van der Waals surface area contributed by atoms with E-state index < -0.39 is 0 Å². The van der Waals surface area contributed by atoms with Crippen LogP contribution in [0.25, 0.3) is 0 Å². The summed E-state index contributed by atoms with van der Waals surface area (Å²) in [5, 5.41) is 4.17. The van der Waals surface area contributed by atoms with Crippen molar-refractivity contribution in [2.45, 2.75) is 19.9 Å². The van der Waals surface area contributed by atoms with Gasteiger partial charge in [-0.2, -0.15) is 5.10 Å². The number of aryl methyl sites for hydroxylation is 1. The number of nitrogen functional groups attached to an aromatic ring is 1. The second kappa shape index (κ2) is 3.92. The van der Waals surface area contributed by atoms with Gasteiger partial charge >= 0.3 is 0 Å². The Morgan fingerprint density at radius 1 is 1.38 bits per heavy atom. The molecule has 0 saturated heterocycles. The minimum absolute atomic E-state index is 0.103. The average molecular weight is 220 g/mol. The van der Waals surface area contributed by atoms with Crippen LogP contribution in [-0.4, -0.2) is 14.8 Å². The zero-order valence-corrected chi connectivity index (χ0v) is 9.18. The standard InChI is InChI=1S/C11H13FN4/c1-7-5-15-16(11(7)13)8(2)10-4-3-9(12)6-14-10/h3-6,8H,13H2,1-2H3. The maximum atomic E-state index is 12.7. The molecule has 16 heavy (non-hydrogen) atoms. The number of nitrogens with zero attached hydrogens (tertiary/aromatic N) is 3. The van der Waals surface area contributed by atoms with Gasteiger partial charge in [-0.05, 0) is 26.0 Å². The van der Waals surface area contributed by atoms with Crippen LogP contribution in [0.1, 0.15) is 24.2 Å². The van der Waals surface area contributed by atoms with E-state index in [1.165, 1.54) is 12.3 Å². The van der Waals surface area contributed by atoms with Crippen LogP contribution in [0.5, 0.6) is 0 Å². The van der Waals surface area contributed by atoms with Crippen molar-refractivity contribution >= 4 is 5.82 Å². The van der Waals surface area contributed by atoms with Crippen LogP contribution in [0.3, 0.4) is 0 Å². The fraction of sp³-hybridized carbons (Fsp3) is 0.273. The molecule has 0 aliphatic rings. The number of pyridine rings is 1. The molecule has 84 valence electrons. The number of hydrogen-bond donors (Lipinski definition) is 1. The summed E-state index contributed by atoms with van der Waals surface area (Å²) in [6.45, 7) is 3.81. The average Bonchev–Trinajstić information content (AvgIpc) is 2.60. The van der Waals surface area contributed by atoms with Crippen molar-refractivity contribution in [2.75, 3.05) is 5.73 Å². The van der Waals surface area contributed by atoms with Gasteiger partial charge in [0.15, 0.2) is 0 Å². The highest BCUT2D eigenvalue weighted by atomic mass is 19.1.